The summed E-state index contributed by atoms with van der Waals surface area (Å²) in [6, 6.07) is 0. The Morgan fingerprint density at radius 2 is 1.12 bits per heavy atom. The molecule has 10 heteroatoms. The summed E-state index contributed by atoms with van der Waals surface area (Å²) in [5.74, 6) is 1.27. The molecule has 0 radical (unpaired) electrons. The van der Waals surface area contributed by atoms with Crippen molar-refractivity contribution in [1.82, 2.24) is 0 Å². The van der Waals surface area contributed by atoms with Crippen molar-refractivity contribution in [1.29, 1.82) is 0 Å². The Morgan fingerprint density at radius 3 is 1.31 bits per heavy atom. The van der Waals surface area contributed by atoms with Crippen molar-refractivity contribution in [3.8, 4) is 0 Å². The first-order valence-corrected chi connectivity index (χ1v) is 13.5. The minimum Gasteiger partial charge on any atom is -0.497 e. The van der Waals surface area contributed by atoms with Gasteiger partial charge in [-0.3, -0.25) is 9.13 Å². The van der Waals surface area contributed by atoms with E-state index in [0.29, 0.717) is 17.9 Å². The molecular weight excluding hydrogens is 454 g/mol. The van der Waals surface area contributed by atoms with Gasteiger partial charge in [-0.25, -0.2) is 0 Å². The van der Waals surface area contributed by atoms with Crippen molar-refractivity contribution in [2.75, 3.05) is 42.7 Å². The highest BCUT2D eigenvalue weighted by molar-refractivity contribution is 7.57. The van der Waals surface area contributed by atoms with Crippen LogP contribution in [0, 0.1) is 5.41 Å². The van der Waals surface area contributed by atoms with Crippen LogP contribution in [-0.4, -0.2) is 53.0 Å². The highest BCUT2D eigenvalue weighted by atomic mass is 31.2. The van der Waals surface area contributed by atoms with Crippen molar-refractivity contribution in [3.05, 3.63) is 48.0 Å². The molecule has 0 spiro atoms. The Kier molecular flexibility index (Phi) is 8.47. The van der Waals surface area contributed by atoms with Gasteiger partial charge in [0.05, 0.1) is 14.2 Å². The Labute approximate surface area is 191 Å². The van der Waals surface area contributed by atoms with Gasteiger partial charge in [-0.05, 0) is 43.6 Å². The summed E-state index contributed by atoms with van der Waals surface area (Å²) in [5.41, 5.74) is -0.984. The molecule has 0 amide bonds. The van der Waals surface area contributed by atoms with Crippen LogP contribution in [0.5, 0.6) is 0 Å². The molecule has 0 bridgehead atoms. The Balaban J connectivity index is 2.93. The predicted octanol–water partition coefficient (Wildman–Crippen LogP) is 5.83. The van der Waals surface area contributed by atoms with E-state index in [4.69, 9.17) is 27.6 Å². The Bertz CT molecular complexity index is 822. The average molecular weight is 490 g/mol. The maximum atomic E-state index is 14.2. The van der Waals surface area contributed by atoms with E-state index in [1.807, 2.05) is 38.2 Å². The molecule has 0 aliphatic heterocycles. The van der Waals surface area contributed by atoms with E-state index in [0.717, 1.165) is 0 Å². The zero-order chi connectivity index (χ0) is 24.3. The fourth-order valence-electron chi connectivity index (χ4n) is 5.14. The van der Waals surface area contributed by atoms with Gasteiger partial charge in [0.25, 0.3) is 0 Å². The van der Waals surface area contributed by atoms with E-state index in [2.05, 4.69) is 0 Å². The van der Waals surface area contributed by atoms with Gasteiger partial charge >= 0.3 is 15.2 Å². The number of hydrogen-bond acceptors (Lipinski definition) is 8. The van der Waals surface area contributed by atoms with Crippen LogP contribution in [0.15, 0.2) is 48.0 Å². The summed E-state index contributed by atoms with van der Waals surface area (Å²) >= 11 is 0. The molecule has 2 aliphatic carbocycles. The monoisotopic (exact) mass is 490 g/mol. The number of allylic oxidation sites excluding steroid dienone is 6. The van der Waals surface area contributed by atoms with Crippen LogP contribution in [0.3, 0.4) is 0 Å². The molecule has 32 heavy (non-hydrogen) atoms. The van der Waals surface area contributed by atoms with Gasteiger partial charge in [0, 0.05) is 33.9 Å². The maximum Gasteiger partial charge on any atom is 0.340 e. The minimum atomic E-state index is -3.79. The summed E-state index contributed by atoms with van der Waals surface area (Å²) in [7, 11) is 1.02. The van der Waals surface area contributed by atoms with E-state index in [1.165, 1.54) is 28.4 Å². The van der Waals surface area contributed by atoms with E-state index in [9.17, 15) is 9.13 Å². The Hall–Kier alpha value is -1.14. The van der Waals surface area contributed by atoms with E-state index < -0.39 is 30.9 Å². The largest absolute Gasteiger partial charge is 0.497 e. The molecule has 0 saturated heterocycles. The molecule has 2 unspecified atom stereocenters. The third kappa shape index (κ3) is 3.70. The zero-order valence-electron chi connectivity index (χ0n) is 20.2. The van der Waals surface area contributed by atoms with Gasteiger partial charge < -0.3 is 27.6 Å². The molecule has 0 saturated carbocycles. The number of rotatable bonds is 11. The van der Waals surface area contributed by atoms with Gasteiger partial charge in [0.15, 0.2) is 0 Å². The quantitative estimate of drug-likeness (QED) is 0.334. The first kappa shape index (κ1) is 27.1. The van der Waals surface area contributed by atoms with E-state index in [1.54, 1.807) is 26.4 Å². The topological polar surface area (TPSA) is 89.5 Å². The molecule has 0 aromatic carbocycles. The first-order valence-electron chi connectivity index (χ1n) is 10.4. The van der Waals surface area contributed by atoms with Crippen molar-refractivity contribution in [2.45, 2.75) is 43.4 Å². The molecule has 8 nitrogen and oxygen atoms in total. The fourth-order valence-corrected chi connectivity index (χ4v) is 9.90. The van der Waals surface area contributed by atoms with Crippen LogP contribution in [-0.2, 0) is 36.7 Å². The molecule has 0 aromatic rings. The molecule has 2 rings (SSSR count). The lowest BCUT2D eigenvalue weighted by Crippen LogP contribution is -2.59. The lowest BCUT2D eigenvalue weighted by Gasteiger charge is -2.58. The number of ether oxygens (including phenoxy) is 2. The SMILES string of the molecule is CCC(C)(C1(P(=O)(OC)OC)C=CC(OC)=CC1)C1(P(=O)(OC)OC)C=CC(OC)=CC1. The van der Waals surface area contributed by atoms with Gasteiger partial charge in [0.2, 0.25) is 0 Å². The number of methoxy groups -OCH3 is 2. The second-order valence-corrected chi connectivity index (χ2v) is 13.0. The minimum absolute atomic E-state index is 0.278. The van der Waals surface area contributed by atoms with Crippen LogP contribution < -0.4 is 0 Å². The molecule has 0 heterocycles. The molecule has 0 aromatic heterocycles. The van der Waals surface area contributed by atoms with Crippen molar-refractivity contribution in [3.63, 3.8) is 0 Å². The molecular formula is C22H36O8P2. The maximum absolute atomic E-state index is 14.2. The second kappa shape index (κ2) is 10.0. The van der Waals surface area contributed by atoms with Crippen LogP contribution in [0.25, 0.3) is 0 Å². The summed E-state index contributed by atoms with van der Waals surface area (Å²) in [6.07, 6.45) is 11.8. The van der Waals surface area contributed by atoms with Gasteiger partial charge in [-0.15, -0.1) is 0 Å². The van der Waals surface area contributed by atoms with Crippen molar-refractivity contribution >= 4 is 15.2 Å². The van der Waals surface area contributed by atoms with Gasteiger partial charge in [0.1, 0.15) is 21.8 Å². The van der Waals surface area contributed by atoms with E-state index >= 15 is 0 Å². The van der Waals surface area contributed by atoms with Crippen molar-refractivity contribution in [2.24, 2.45) is 5.41 Å². The standard InChI is InChI=1S/C22H36O8P2/c1-9-20(2,21(31(23,27-5)28-6)14-10-18(25-3)11-15-21)22(32(24,29-7)30-8)16-12-19(26-4)13-17-22/h10-14,16H,9,15,17H2,1-8H3. The first-order chi connectivity index (χ1) is 15.1. The van der Waals surface area contributed by atoms with Crippen LogP contribution in [0.1, 0.15) is 33.1 Å². The lowest BCUT2D eigenvalue weighted by atomic mass is 9.61. The van der Waals surface area contributed by atoms with E-state index in [-0.39, 0.29) is 12.8 Å². The second-order valence-electron chi connectivity index (χ2n) is 7.96. The van der Waals surface area contributed by atoms with Crippen LogP contribution >= 0.6 is 15.2 Å². The summed E-state index contributed by atoms with van der Waals surface area (Å²) in [6.45, 7) is 3.90. The molecule has 0 fully saturated rings. The summed E-state index contributed by atoms with van der Waals surface area (Å²) < 4.78 is 61.6. The third-order valence-electron chi connectivity index (χ3n) is 7.30. The highest BCUT2D eigenvalue weighted by Crippen LogP contribution is 2.79. The molecule has 0 N–H and O–H groups in total. The number of hydrogen-bond donors (Lipinski definition) is 0. The highest BCUT2D eigenvalue weighted by Gasteiger charge is 2.71. The van der Waals surface area contributed by atoms with Crippen molar-refractivity contribution < 1.29 is 36.7 Å². The summed E-state index contributed by atoms with van der Waals surface area (Å²) in [4.78, 5) is 0. The molecule has 2 aliphatic rings. The summed E-state index contributed by atoms with van der Waals surface area (Å²) in [5, 5.41) is -2.40. The fraction of sp³-hybridized carbons (Fsp3) is 0.636. The van der Waals surface area contributed by atoms with Crippen LogP contribution in [0.2, 0.25) is 0 Å². The van der Waals surface area contributed by atoms with Gasteiger partial charge in [-0.2, -0.15) is 0 Å². The van der Waals surface area contributed by atoms with Crippen LogP contribution in [0.4, 0.5) is 0 Å². The predicted molar refractivity (Wildman–Crippen MR) is 125 cm³/mol. The average Bonchev–Trinajstić information content (AvgIpc) is 2.86. The molecule has 182 valence electrons. The lowest BCUT2D eigenvalue weighted by molar-refractivity contribution is 0.112. The third-order valence-corrected chi connectivity index (χ3v) is 12.8. The van der Waals surface area contributed by atoms with Gasteiger partial charge in [-0.1, -0.05) is 26.0 Å². The Morgan fingerprint density at radius 1 is 0.781 bits per heavy atom. The smallest absolute Gasteiger partial charge is 0.340 e. The normalized spacial score (nSPS) is 28.0. The molecule has 2 atom stereocenters. The zero-order valence-corrected chi connectivity index (χ0v) is 22.0.